The Hall–Kier alpha value is -2.90. The topological polar surface area (TPSA) is 130 Å². The van der Waals surface area contributed by atoms with Gasteiger partial charge in [0.15, 0.2) is 0 Å². The summed E-state index contributed by atoms with van der Waals surface area (Å²) in [6.45, 7) is 1.62. The fraction of sp³-hybridized carbons (Fsp3) is 0.0909. The van der Waals surface area contributed by atoms with Crippen LogP contribution in [0.4, 0.5) is 17.5 Å². The minimum absolute atomic E-state index is 0.0544. The van der Waals surface area contributed by atoms with Crippen LogP contribution in [0.5, 0.6) is 11.6 Å². The number of aryl methyl sites for hydroxylation is 1. The van der Waals surface area contributed by atoms with Gasteiger partial charge in [-0.05, 0) is 13.0 Å². The Balaban J connectivity index is 2.43. The molecule has 0 bridgehead atoms. The predicted octanol–water partition coefficient (Wildman–Crippen LogP) is 1.65. The van der Waals surface area contributed by atoms with Crippen molar-refractivity contribution in [2.24, 2.45) is 0 Å². The number of rotatable bonds is 3. The fourth-order valence-corrected chi connectivity index (χ4v) is 1.57. The second kappa shape index (κ2) is 4.77. The minimum Gasteiger partial charge on any atom is -0.432 e. The second-order valence-corrected chi connectivity index (χ2v) is 3.77. The van der Waals surface area contributed by atoms with E-state index in [9.17, 15) is 10.1 Å². The first kappa shape index (κ1) is 12.6. The van der Waals surface area contributed by atoms with Crippen LogP contribution >= 0.6 is 0 Å². The Morgan fingerprint density at radius 2 is 2.05 bits per heavy atom. The van der Waals surface area contributed by atoms with Crippen LogP contribution in [0.1, 0.15) is 5.56 Å². The van der Waals surface area contributed by atoms with Gasteiger partial charge in [0.05, 0.1) is 4.92 Å². The first-order chi connectivity index (χ1) is 8.97. The van der Waals surface area contributed by atoms with E-state index in [4.69, 9.17) is 16.2 Å². The van der Waals surface area contributed by atoms with Crippen molar-refractivity contribution in [3.63, 3.8) is 0 Å². The lowest BCUT2D eigenvalue weighted by atomic mass is 10.2. The lowest BCUT2D eigenvalue weighted by Crippen LogP contribution is -2.02. The molecule has 0 saturated heterocycles. The van der Waals surface area contributed by atoms with Gasteiger partial charge in [-0.1, -0.05) is 12.1 Å². The molecule has 0 atom stereocenters. The summed E-state index contributed by atoms with van der Waals surface area (Å²) in [5.74, 6) is 0.185. The highest BCUT2D eigenvalue weighted by molar-refractivity contribution is 5.53. The summed E-state index contributed by atoms with van der Waals surface area (Å²) in [6.07, 6.45) is 0. The molecule has 8 nitrogen and oxygen atoms in total. The van der Waals surface area contributed by atoms with Crippen molar-refractivity contribution in [3.05, 3.63) is 39.9 Å². The standard InChI is InChI=1S/C11H11N5O3/c1-6-3-2-4-7(10(6)16(17)18)19-9-5-8(12)14-11(13)15-9/h2-5H,1H3,(H4,12,13,14,15). The molecule has 8 heteroatoms. The molecule has 0 aliphatic rings. The van der Waals surface area contributed by atoms with Gasteiger partial charge >= 0.3 is 5.69 Å². The molecular weight excluding hydrogens is 250 g/mol. The van der Waals surface area contributed by atoms with Crippen molar-refractivity contribution in [2.45, 2.75) is 6.92 Å². The molecule has 1 aromatic carbocycles. The van der Waals surface area contributed by atoms with Crippen molar-refractivity contribution >= 4 is 17.5 Å². The number of ether oxygens (including phenoxy) is 1. The highest BCUT2D eigenvalue weighted by atomic mass is 16.6. The highest BCUT2D eigenvalue weighted by Gasteiger charge is 2.19. The third kappa shape index (κ3) is 2.68. The van der Waals surface area contributed by atoms with E-state index in [1.54, 1.807) is 19.1 Å². The number of para-hydroxylation sites is 1. The van der Waals surface area contributed by atoms with Crippen molar-refractivity contribution in [3.8, 4) is 11.6 Å². The molecule has 0 radical (unpaired) electrons. The van der Waals surface area contributed by atoms with Crippen LogP contribution in [0, 0.1) is 17.0 Å². The Kier molecular flexibility index (Phi) is 3.15. The maximum Gasteiger partial charge on any atom is 0.314 e. The van der Waals surface area contributed by atoms with E-state index in [0.29, 0.717) is 5.56 Å². The number of aromatic nitrogens is 2. The van der Waals surface area contributed by atoms with E-state index in [-0.39, 0.29) is 29.1 Å². The Morgan fingerprint density at radius 3 is 2.68 bits per heavy atom. The lowest BCUT2D eigenvalue weighted by Gasteiger charge is -2.07. The van der Waals surface area contributed by atoms with Crippen LogP contribution in [0.2, 0.25) is 0 Å². The number of nitrogen functional groups attached to an aromatic ring is 2. The predicted molar refractivity (Wildman–Crippen MR) is 68.8 cm³/mol. The van der Waals surface area contributed by atoms with E-state index in [0.717, 1.165) is 0 Å². The molecule has 98 valence electrons. The first-order valence-electron chi connectivity index (χ1n) is 5.29. The molecule has 0 fully saturated rings. The van der Waals surface area contributed by atoms with Crippen LogP contribution in [-0.4, -0.2) is 14.9 Å². The third-order valence-electron chi connectivity index (χ3n) is 2.34. The quantitative estimate of drug-likeness (QED) is 0.634. The smallest absolute Gasteiger partial charge is 0.314 e. The molecule has 0 unspecified atom stereocenters. The zero-order chi connectivity index (χ0) is 14.0. The molecule has 0 spiro atoms. The molecule has 0 amide bonds. The molecule has 2 rings (SSSR count). The SMILES string of the molecule is Cc1cccc(Oc2cc(N)nc(N)n2)c1[N+](=O)[O-]. The number of hydrogen-bond acceptors (Lipinski definition) is 7. The van der Waals surface area contributed by atoms with Crippen molar-refractivity contribution < 1.29 is 9.66 Å². The van der Waals surface area contributed by atoms with Crippen LogP contribution in [0.15, 0.2) is 24.3 Å². The summed E-state index contributed by atoms with van der Waals surface area (Å²) < 4.78 is 5.36. The number of nitrogens with zero attached hydrogens (tertiary/aromatic N) is 3. The number of hydrogen-bond donors (Lipinski definition) is 2. The summed E-state index contributed by atoms with van der Waals surface area (Å²) in [5.41, 5.74) is 11.3. The maximum atomic E-state index is 11.0. The fourth-order valence-electron chi connectivity index (χ4n) is 1.57. The molecule has 1 aromatic heterocycles. The van der Waals surface area contributed by atoms with Gasteiger partial charge in [-0.25, -0.2) is 0 Å². The number of nitrogens with two attached hydrogens (primary N) is 2. The van der Waals surface area contributed by atoms with Gasteiger partial charge in [0.2, 0.25) is 17.6 Å². The van der Waals surface area contributed by atoms with E-state index >= 15 is 0 Å². The summed E-state index contributed by atoms with van der Waals surface area (Å²) in [6, 6.07) is 6.07. The Labute approximate surface area is 108 Å². The number of anilines is 2. The molecule has 0 aliphatic carbocycles. The zero-order valence-corrected chi connectivity index (χ0v) is 10.0. The molecule has 0 saturated carbocycles. The molecule has 2 aromatic rings. The monoisotopic (exact) mass is 261 g/mol. The normalized spacial score (nSPS) is 10.2. The second-order valence-electron chi connectivity index (χ2n) is 3.77. The summed E-state index contributed by atoms with van der Waals surface area (Å²) in [4.78, 5) is 18.0. The van der Waals surface area contributed by atoms with E-state index in [1.807, 2.05) is 0 Å². The highest BCUT2D eigenvalue weighted by Crippen LogP contribution is 2.33. The summed E-state index contributed by atoms with van der Waals surface area (Å²) in [5, 5.41) is 11.0. The zero-order valence-electron chi connectivity index (χ0n) is 10.0. The van der Waals surface area contributed by atoms with Gasteiger partial charge in [-0.2, -0.15) is 9.97 Å². The Morgan fingerprint density at radius 1 is 1.32 bits per heavy atom. The number of benzene rings is 1. The average molecular weight is 261 g/mol. The minimum atomic E-state index is -0.515. The average Bonchev–Trinajstić information content (AvgIpc) is 2.26. The molecule has 19 heavy (non-hydrogen) atoms. The van der Waals surface area contributed by atoms with Crippen molar-refractivity contribution in [1.82, 2.24) is 9.97 Å². The van der Waals surface area contributed by atoms with Crippen molar-refractivity contribution in [2.75, 3.05) is 11.5 Å². The summed E-state index contributed by atoms with van der Waals surface area (Å²) in [7, 11) is 0. The van der Waals surface area contributed by atoms with Crippen LogP contribution in [0.3, 0.4) is 0 Å². The first-order valence-corrected chi connectivity index (χ1v) is 5.29. The van der Waals surface area contributed by atoms with Crippen LogP contribution < -0.4 is 16.2 Å². The van der Waals surface area contributed by atoms with E-state index in [1.165, 1.54) is 12.1 Å². The molecule has 1 heterocycles. The van der Waals surface area contributed by atoms with Gasteiger partial charge in [0.25, 0.3) is 0 Å². The van der Waals surface area contributed by atoms with Crippen LogP contribution in [0.25, 0.3) is 0 Å². The molecule has 4 N–H and O–H groups in total. The van der Waals surface area contributed by atoms with Crippen molar-refractivity contribution in [1.29, 1.82) is 0 Å². The number of nitro benzene ring substituents is 1. The maximum absolute atomic E-state index is 11.0. The summed E-state index contributed by atoms with van der Waals surface area (Å²) >= 11 is 0. The molecular formula is C11H11N5O3. The largest absolute Gasteiger partial charge is 0.432 e. The number of nitro groups is 1. The lowest BCUT2D eigenvalue weighted by molar-refractivity contribution is -0.386. The molecule has 0 aliphatic heterocycles. The van der Waals surface area contributed by atoms with E-state index < -0.39 is 4.92 Å². The third-order valence-corrected chi connectivity index (χ3v) is 2.34. The Bertz CT molecular complexity index is 624. The van der Waals surface area contributed by atoms with Gasteiger partial charge in [-0.3, -0.25) is 10.1 Å². The van der Waals surface area contributed by atoms with Gasteiger partial charge in [-0.15, -0.1) is 0 Å². The van der Waals surface area contributed by atoms with E-state index in [2.05, 4.69) is 9.97 Å². The van der Waals surface area contributed by atoms with Gasteiger partial charge in [0.1, 0.15) is 5.82 Å². The van der Waals surface area contributed by atoms with Gasteiger partial charge in [0, 0.05) is 11.6 Å². The van der Waals surface area contributed by atoms with Crippen LogP contribution in [-0.2, 0) is 0 Å². The van der Waals surface area contributed by atoms with Gasteiger partial charge < -0.3 is 16.2 Å².